The van der Waals surface area contributed by atoms with Gasteiger partial charge in [-0.25, -0.2) is 0 Å². The van der Waals surface area contributed by atoms with Crippen LogP contribution in [0.25, 0.3) is 0 Å². The minimum atomic E-state index is -5.24. The van der Waals surface area contributed by atoms with Crippen LogP contribution in [-0.4, -0.2) is 12.1 Å². The van der Waals surface area contributed by atoms with Crippen molar-refractivity contribution in [3.05, 3.63) is 23.8 Å². The molecule has 7 heteroatoms. The normalized spacial score (nSPS) is 10.1. The third-order valence-corrected chi connectivity index (χ3v) is 1.51. The van der Waals surface area contributed by atoms with E-state index in [0.717, 1.165) is 12.1 Å². The summed E-state index contributed by atoms with van der Waals surface area (Å²) in [5.41, 5.74) is -1.52. The van der Waals surface area contributed by atoms with E-state index in [9.17, 15) is 12.9 Å². The van der Waals surface area contributed by atoms with E-state index in [1.165, 1.54) is 6.07 Å². The maximum Gasteiger partial charge on any atom is 1.00 e. The molecule has 0 bridgehead atoms. The van der Waals surface area contributed by atoms with Crippen molar-refractivity contribution in [3.63, 3.8) is 0 Å². The van der Waals surface area contributed by atoms with Crippen LogP contribution in [0.4, 0.5) is 12.9 Å². The molecule has 2 nitrogen and oxygen atoms in total. The molecule has 0 aromatic heterocycles. The van der Waals surface area contributed by atoms with Gasteiger partial charge in [0.05, 0.1) is 6.07 Å². The third kappa shape index (κ3) is 3.29. The van der Waals surface area contributed by atoms with Gasteiger partial charge in [-0.05, 0) is 18.2 Å². The summed E-state index contributed by atoms with van der Waals surface area (Å²) in [7, 11) is 0. The van der Waals surface area contributed by atoms with E-state index >= 15 is 0 Å². The first-order chi connectivity index (χ1) is 5.95. The molecule has 0 atom stereocenters. The molecule has 0 saturated heterocycles. The number of hydrogen-bond acceptors (Lipinski definition) is 2. The summed E-state index contributed by atoms with van der Waals surface area (Å²) in [4.78, 5) is 0. The Morgan fingerprint density at radius 1 is 1.29 bits per heavy atom. The molecular weight excluding hydrogens is 221 g/mol. The van der Waals surface area contributed by atoms with Crippen molar-refractivity contribution in [3.8, 4) is 11.8 Å². The topological polar surface area (TPSA) is 44.0 Å². The van der Waals surface area contributed by atoms with Gasteiger partial charge in [-0.2, -0.15) is 5.26 Å². The van der Waals surface area contributed by atoms with Crippen molar-refractivity contribution in [2.24, 2.45) is 0 Å². The van der Waals surface area contributed by atoms with Gasteiger partial charge in [-0.15, -0.1) is 0 Å². The molecule has 0 unspecified atom stereocenters. The number of nitriles is 1. The number of phenolic OH excluding ortho intramolecular Hbond substituents is 1. The zero-order valence-corrected chi connectivity index (χ0v) is 10.5. The summed E-state index contributed by atoms with van der Waals surface area (Å²) in [6, 6.07) is 3.96. The Morgan fingerprint density at radius 3 is 2.29 bits per heavy atom. The average Bonchev–Trinajstić information content (AvgIpc) is 2.03. The molecule has 0 saturated carbocycles. The fraction of sp³-hybridized carbons (Fsp3) is 0. The first kappa shape index (κ1) is 14.0. The molecule has 0 heterocycles. The fourth-order valence-corrected chi connectivity index (χ4v) is 0.923. The van der Waals surface area contributed by atoms with Crippen LogP contribution in [0.5, 0.6) is 5.75 Å². The molecule has 0 aliphatic heterocycles. The molecule has 0 fully saturated rings. The molecule has 0 radical (unpaired) electrons. The van der Waals surface area contributed by atoms with E-state index in [2.05, 4.69) is 0 Å². The Balaban J connectivity index is 0.00000169. The Morgan fingerprint density at radius 2 is 1.86 bits per heavy atom. The van der Waals surface area contributed by atoms with Crippen LogP contribution >= 0.6 is 0 Å². The summed E-state index contributed by atoms with van der Waals surface area (Å²) in [6.07, 6.45) is 0. The number of benzene rings is 1. The van der Waals surface area contributed by atoms with Gasteiger partial charge in [-0.3, -0.25) is 0 Å². The van der Waals surface area contributed by atoms with Crippen LogP contribution in [0.3, 0.4) is 0 Å². The predicted molar refractivity (Wildman–Crippen MR) is 41.5 cm³/mol. The molecule has 0 aliphatic carbocycles. The molecule has 0 aliphatic rings. The van der Waals surface area contributed by atoms with Crippen molar-refractivity contribution in [1.82, 2.24) is 0 Å². The number of phenols is 1. The second-order valence-corrected chi connectivity index (χ2v) is 2.46. The number of nitrogens with zero attached hydrogens (tertiary/aromatic N) is 1. The zero-order valence-electron chi connectivity index (χ0n) is 7.34. The summed E-state index contributed by atoms with van der Waals surface area (Å²) in [6.45, 7) is -5.24. The second-order valence-electron chi connectivity index (χ2n) is 2.46. The predicted octanol–water partition coefficient (Wildman–Crippen LogP) is -1.68. The van der Waals surface area contributed by atoms with Crippen molar-refractivity contribution in [2.75, 3.05) is 0 Å². The molecular formula is C7H4BF3KNO. The van der Waals surface area contributed by atoms with Gasteiger partial charge in [0.1, 0.15) is 5.75 Å². The summed E-state index contributed by atoms with van der Waals surface area (Å²) < 4.78 is 36.6. The quantitative estimate of drug-likeness (QED) is 0.580. The van der Waals surface area contributed by atoms with E-state index in [1.807, 2.05) is 0 Å². The Labute approximate surface area is 121 Å². The van der Waals surface area contributed by atoms with Gasteiger partial charge in [0.2, 0.25) is 0 Å². The van der Waals surface area contributed by atoms with E-state index in [0.29, 0.717) is 6.07 Å². The van der Waals surface area contributed by atoms with Crippen LogP contribution in [0, 0.1) is 11.3 Å². The van der Waals surface area contributed by atoms with Crippen molar-refractivity contribution >= 4 is 12.4 Å². The van der Waals surface area contributed by atoms with Crippen LogP contribution in [0.1, 0.15) is 5.56 Å². The van der Waals surface area contributed by atoms with Gasteiger partial charge >= 0.3 is 58.4 Å². The minimum absolute atomic E-state index is 0. The van der Waals surface area contributed by atoms with Crippen LogP contribution < -0.4 is 56.8 Å². The number of aromatic hydroxyl groups is 1. The van der Waals surface area contributed by atoms with Gasteiger partial charge < -0.3 is 18.1 Å². The molecule has 1 rings (SSSR count). The number of halogens is 3. The monoisotopic (exact) mass is 225 g/mol. The van der Waals surface area contributed by atoms with Gasteiger partial charge in [0.25, 0.3) is 0 Å². The summed E-state index contributed by atoms with van der Waals surface area (Å²) in [5, 5.41) is 17.1. The first-order valence-electron chi connectivity index (χ1n) is 3.38. The smallest absolute Gasteiger partial charge is 0.508 e. The molecule has 1 aromatic rings. The van der Waals surface area contributed by atoms with Crippen molar-refractivity contribution in [2.45, 2.75) is 0 Å². The van der Waals surface area contributed by atoms with Gasteiger partial charge in [0, 0.05) is 5.56 Å². The molecule has 1 aromatic carbocycles. The molecule has 14 heavy (non-hydrogen) atoms. The largest absolute Gasteiger partial charge is 1.00 e. The fourth-order valence-electron chi connectivity index (χ4n) is 0.923. The SMILES string of the molecule is N#Cc1ccc(O)cc1[B-](F)(F)F.[K+]. The van der Waals surface area contributed by atoms with E-state index in [-0.39, 0.29) is 51.4 Å². The van der Waals surface area contributed by atoms with Crippen molar-refractivity contribution < 1.29 is 69.4 Å². The number of hydrogen-bond donors (Lipinski definition) is 1. The first-order valence-corrected chi connectivity index (χ1v) is 3.38. The third-order valence-electron chi connectivity index (χ3n) is 1.51. The Hall–Kier alpha value is 0.00130. The van der Waals surface area contributed by atoms with E-state index in [4.69, 9.17) is 10.4 Å². The van der Waals surface area contributed by atoms with E-state index < -0.39 is 23.8 Å². The molecule has 0 amide bonds. The van der Waals surface area contributed by atoms with E-state index in [1.54, 1.807) is 0 Å². The zero-order chi connectivity index (χ0) is 10.1. The van der Waals surface area contributed by atoms with Gasteiger partial charge in [-0.1, -0.05) is 5.46 Å². The molecule has 68 valence electrons. The molecule has 1 N–H and O–H groups in total. The number of rotatable bonds is 1. The maximum absolute atomic E-state index is 12.2. The van der Waals surface area contributed by atoms with Crippen LogP contribution in [-0.2, 0) is 0 Å². The summed E-state index contributed by atoms with van der Waals surface area (Å²) in [5.74, 6) is -0.492. The Bertz CT molecular complexity index is 374. The maximum atomic E-state index is 12.2. The van der Waals surface area contributed by atoms with Crippen LogP contribution in [0.15, 0.2) is 18.2 Å². The van der Waals surface area contributed by atoms with Gasteiger partial charge in [0.15, 0.2) is 0 Å². The van der Waals surface area contributed by atoms with Crippen molar-refractivity contribution in [1.29, 1.82) is 5.26 Å². The second kappa shape index (κ2) is 5.19. The standard InChI is InChI=1S/C7H4BF3NO.K/c9-8(10,11)7-3-6(13)2-1-5(7)4-12;/h1-3,13H;/q-1;+1. The van der Waals surface area contributed by atoms with Crippen LogP contribution in [0.2, 0.25) is 0 Å². The molecule has 0 spiro atoms. The minimum Gasteiger partial charge on any atom is -0.508 e. The Kier molecular flexibility index (Phi) is 5.19. The average molecular weight is 225 g/mol. The summed E-state index contributed by atoms with van der Waals surface area (Å²) >= 11 is 0.